The van der Waals surface area contributed by atoms with Crippen molar-refractivity contribution in [2.75, 3.05) is 58.9 Å². The van der Waals surface area contributed by atoms with Gasteiger partial charge in [0.25, 0.3) is 0 Å². The van der Waals surface area contributed by atoms with Crippen LogP contribution in [0.2, 0.25) is 0 Å². The van der Waals surface area contributed by atoms with Gasteiger partial charge in [0, 0.05) is 26.2 Å². The van der Waals surface area contributed by atoms with Gasteiger partial charge in [-0.15, -0.1) is 0 Å². The molecule has 14 heteroatoms. The largest absolute Gasteiger partial charge is 0.459 e. The topological polar surface area (TPSA) is 141 Å². The maximum absolute atomic E-state index is 12.9. The molecule has 47 heavy (non-hydrogen) atoms. The molecule has 0 saturated heterocycles. The predicted octanol–water partition coefficient (Wildman–Crippen LogP) is 3.97. The summed E-state index contributed by atoms with van der Waals surface area (Å²) in [6.45, 7) is 24.6. The normalized spacial score (nSPS) is 13.1. The lowest BCUT2D eigenvalue weighted by Gasteiger charge is -2.31. The van der Waals surface area contributed by atoms with Crippen molar-refractivity contribution in [3.8, 4) is 0 Å². The molecule has 0 aliphatic carbocycles. The van der Waals surface area contributed by atoms with Crippen LogP contribution in [0.1, 0.15) is 96.9 Å². The molecule has 0 spiro atoms. The lowest BCUT2D eigenvalue weighted by atomic mass is 10.2. The summed E-state index contributed by atoms with van der Waals surface area (Å²) in [5.74, 6) is -2.54. The molecule has 0 rings (SSSR count). The highest BCUT2D eigenvalue weighted by Gasteiger charge is 2.27. The Labute approximate surface area is 295 Å². The Morgan fingerprint density at radius 2 is 0.574 bits per heavy atom. The molecule has 0 saturated carbocycles. The fourth-order valence-electron chi connectivity index (χ4n) is 3.97. The van der Waals surface area contributed by atoms with Crippen molar-refractivity contribution >= 4 is 52.4 Å². The van der Waals surface area contributed by atoms with Crippen LogP contribution in [0.5, 0.6) is 0 Å². The zero-order valence-corrected chi connectivity index (χ0v) is 33.3. The third kappa shape index (κ3) is 27.6. The fourth-order valence-corrected chi connectivity index (χ4v) is 4.22. The van der Waals surface area contributed by atoms with Gasteiger partial charge in [0.15, 0.2) is 3.61 Å². The number of hydrogen-bond donors (Lipinski definition) is 0. The molecule has 0 radical (unpaired) electrons. The summed E-state index contributed by atoms with van der Waals surface area (Å²) in [4.78, 5) is 68.8. The summed E-state index contributed by atoms with van der Waals surface area (Å²) in [6.07, 6.45) is 0. The minimum absolute atomic E-state index is 0.119. The van der Waals surface area contributed by atoms with Crippen LogP contribution in [0.15, 0.2) is 0 Å². The van der Waals surface area contributed by atoms with Crippen LogP contribution in [0.25, 0.3) is 0 Å². The molecule has 0 heterocycles. The van der Waals surface area contributed by atoms with Crippen LogP contribution in [0, 0.1) is 0 Å². The van der Waals surface area contributed by atoms with Gasteiger partial charge >= 0.3 is 29.8 Å². The predicted molar refractivity (Wildman–Crippen MR) is 187 cm³/mol. The smallest absolute Gasteiger partial charge is 0.321 e. The van der Waals surface area contributed by atoms with E-state index < -0.39 is 55.9 Å². The number of alkyl halides is 1. The van der Waals surface area contributed by atoms with E-state index in [1.54, 1.807) is 112 Å². The molecule has 0 N–H and O–H groups in total. The molecule has 0 aliphatic heterocycles. The number of esters is 5. The SMILES string of the molecule is CC(C)(C)OC(=O)CN(CCN(CCN(CC(=O)OC(C)(C)C)CC(=O)OC(C)(C)C)CC(=O)OC(C)(C)I)CC(=O)OC(C)(C)C. The zero-order valence-electron chi connectivity index (χ0n) is 31.2. The van der Waals surface area contributed by atoms with Crippen molar-refractivity contribution in [3.63, 3.8) is 0 Å². The molecule has 0 aromatic carbocycles. The second kappa shape index (κ2) is 18.6. The van der Waals surface area contributed by atoms with Crippen LogP contribution < -0.4 is 0 Å². The van der Waals surface area contributed by atoms with E-state index in [0.717, 1.165) is 0 Å². The minimum atomic E-state index is -0.751. The van der Waals surface area contributed by atoms with Crippen molar-refractivity contribution < 1.29 is 47.7 Å². The first-order valence-corrected chi connectivity index (χ1v) is 16.9. The van der Waals surface area contributed by atoms with E-state index in [9.17, 15) is 24.0 Å². The van der Waals surface area contributed by atoms with Gasteiger partial charge in [-0.25, -0.2) is 0 Å². The van der Waals surface area contributed by atoms with Crippen molar-refractivity contribution in [1.82, 2.24) is 14.7 Å². The summed E-state index contributed by atoms with van der Waals surface area (Å²) >= 11 is 2.01. The zero-order chi connectivity index (χ0) is 37.0. The Morgan fingerprint density at radius 1 is 0.383 bits per heavy atom. The molecule has 0 aromatic rings. The van der Waals surface area contributed by atoms with Gasteiger partial charge in [-0.3, -0.25) is 38.7 Å². The number of carbonyl (C=O) groups excluding carboxylic acids is 5. The van der Waals surface area contributed by atoms with E-state index in [-0.39, 0.29) is 58.9 Å². The van der Waals surface area contributed by atoms with Crippen molar-refractivity contribution in [1.29, 1.82) is 0 Å². The van der Waals surface area contributed by atoms with Gasteiger partial charge in [-0.2, -0.15) is 0 Å². The van der Waals surface area contributed by atoms with E-state index in [1.165, 1.54) is 0 Å². The molecule has 274 valence electrons. The molecule has 0 unspecified atom stereocenters. The second-order valence-electron chi connectivity index (χ2n) is 15.9. The summed E-state index contributed by atoms with van der Waals surface area (Å²) in [5, 5.41) is 0. The van der Waals surface area contributed by atoms with E-state index in [2.05, 4.69) is 0 Å². The highest BCUT2D eigenvalue weighted by Crippen LogP contribution is 2.18. The van der Waals surface area contributed by atoms with Crippen LogP contribution in [0.3, 0.4) is 0 Å². The number of carbonyl (C=O) groups is 5. The first-order valence-electron chi connectivity index (χ1n) is 15.9. The second-order valence-corrected chi connectivity index (χ2v) is 18.5. The Hall–Kier alpha value is -2.04. The van der Waals surface area contributed by atoms with Crippen LogP contribution in [0.4, 0.5) is 0 Å². The summed E-state index contributed by atoms with van der Waals surface area (Å²) in [6, 6.07) is 0. The lowest BCUT2D eigenvalue weighted by Crippen LogP contribution is -2.47. The van der Waals surface area contributed by atoms with Crippen LogP contribution >= 0.6 is 22.6 Å². The number of halogens is 1. The Morgan fingerprint density at radius 3 is 0.787 bits per heavy atom. The highest BCUT2D eigenvalue weighted by molar-refractivity contribution is 14.1. The fraction of sp³-hybridized carbons (Fsp3) is 0.848. The van der Waals surface area contributed by atoms with Gasteiger partial charge in [-0.05, 0) is 120 Å². The molecule has 0 fully saturated rings. The molecule has 0 aromatic heterocycles. The van der Waals surface area contributed by atoms with E-state index in [0.29, 0.717) is 0 Å². The van der Waals surface area contributed by atoms with Crippen molar-refractivity contribution in [2.45, 2.75) is 123 Å². The van der Waals surface area contributed by atoms with Gasteiger partial charge in [-0.1, -0.05) is 0 Å². The Kier molecular flexibility index (Phi) is 17.8. The van der Waals surface area contributed by atoms with E-state index >= 15 is 0 Å². The van der Waals surface area contributed by atoms with Gasteiger partial charge in [0.1, 0.15) is 22.4 Å². The lowest BCUT2D eigenvalue weighted by molar-refractivity contribution is -0.162. The first kappa shape index (κ1) is 45.0. The molecule has 13 nitrogen and oxygen atoms in total. The maximum Gasteiger partial charge on any atom is 0.321 e. The van der Waals surface area contributed by atoms with E-state index in [1.807, 2.05) is 22.6 Å². The molecule has 0 amide bonds. The van der Waals surface area contributed by atoms with Gasteiger partial charge in [0.05, 0.1) is 32.7 Å². The van der Waals surface area contributed by atoms with Gasteiger partial charge < -0.3 is 23.7 Å². The molecule has 0 bridgehead atoms. The van der Waals surface area contributed by atoms with E-state index in [4.69, 9.17) is 23.7 Å². The summed E-state index contributed by atoms with van der Waals surface area (Å²) in [7, 11) is 0. The minimum Gasteiger partial charge on any atom is -0.459 e. The molecule has 0 aliphatic rings. The average Bonchev–Trinajstić information content (AvgIpc) is 2.73. The third-order valence-corrected chi connectivity index (χ3v) is 5.49. The first-order chi connectivity index (χ1) is 20.9. The summed E-state index contributed by atoms with van der Waals surface area (Å²) in [5.41, 5.74) is -2.88. The number of nitrogens with zero attached hydrogens (tertiary/aromatic N) is 3. The van der Waals surface area contributed by atoms with Crippen molar-refractivity contribution in [2.24, 2.45) is 0 Å². The summed E-state index contributed by atoms with van der Waals surface area (Å²) < 4.78 is 26.7. The van der Waals surface area contributed by atoms with Gasteiger partial charge in [0.2, 0.25) is 0 Å². The molecular formula is C33H60IN3O10. The monoisotopic (exact) mass is 785 g/mol. The Bertz CT molecular complexity index is 919. The Balaban J connectivity index is 6.08. The maximum atomic E-state index is 12.9. The van der Waals surface area contributed by atoms with Crippen molar-refractivity contribution in [3.05, 3.63) is 0 Å². The molecule has 0 atom stereocenters. The third-order valence-electron chi connectivity index (χ3n) is 5.27. The highest BCUT2D eigenvalue weighted by atomic mass is 127. The average molecular weight is 786 g/mol. The number of rotatable bonds is 17. The standard InChI is InChI=1S/C33H60IN3O10/c1-29(2,3)43-24(38)20-36(21-25(39)44-30(4,5)6)17-15-35(19-28(42)47-33(13,14)34)16-18-37(22-26(40)45-31(7,8)9)23-27(41)46-32(10,11)12/h15-23H2,1-14H3. The molecular weight excluding hydrogens is 725 g/mol. The quantitative estimate of drug-likeness (QED) is 0.0910. The van der Waals surface area contributed by atoms with Crippen LogP contribution in [-0.4, -0.2) is 129 Å². The number of ether oxygens (including phenoxy) is 5. The van der Waals surface area contributed by atoms with Crippen LogP contribution in [-0.2, 0) is 47.7 Å². The number of hydrogen-bond acceptors (Lipinski definition) is 13.